The van der Waals surface area contributed by atoms with Gasteiger partial charge in [0, 0.05) is 19.1 Å². The zero-order valence-electron chi connectivity index (χ0n) is 12.4. The number of piperidine rings is 1. The second kappa shape index (κ2) is 6.78. The lowest BCUT2D eigenvalue weighted by Gasteiger charge is -2.40. The number of hydrogen-bond acceptors (Lipinski definition) is 2. The molecule has 110 valence electrons. The molecule has 1 fully saturated rings. The van der Waals surface area contributed by atoms with Crippen LogP contribution in [0.25, 0.3) is 0 Å². The Labute approximate surface area is 115 Å². The molecular formula is C14H26N2O3. The van der Waals surface area contributed by atoms with Crippen LogP contribution >= 0.6 is 0 Å². The molecular weight excluding hydrogens is 244 g/mol. The summed E-state index contributed by atoms with van der Waals surface area (Å²) in [5.74, 6) is -0.467. The minimum atomic E-state index is -0.883. The van der Waals surface area contributed by atoms with Gasteiger partial charge >= 0.3 is 12.0 Å². The second-order valence-corrected chi connectivity index (χ2v) is 5.51. The van der Waals surface area contributed by atoms with Crippen LogP contribution in [-0.4, -0.2) is 52.1 Å². The standard InChI is InChI=1S/C14H26N2O3/c1-5-11-7-8-16(12(9-11)13(17)18)14(19)15(6-2)10(3)4/h10-12H,5-9H2,1-4H3,(H,17,18). The van der Waals surface area contributed by atoms with E-state index in [0.29, 0.717) is 25.4 Å². The van der Waals surface area contributed by atoms with Gasteiger partial charge in [-0.3, -0.25) is 0 Å². The van der Waals surface area contributed by atoms with Crippen LogP contribution in [0, 0.1) is 5.92 Å². The third-order valence-corrected chi connectivity index (χ3v) is 4.03. The summed E-state index contributed by atoms with van der Waals surface area (Å²) in [6.45, 7) is 9.07. The van der Waals surface area contributed by atoms with Gasteiger partial charge in [0.2, 0.25) is 0 Å². The summed E-state index contributed by atoms with van der Waals surface area (Å²) in [6, 6.07) is -0.714. The lowest BCUT2D eigenvalue weighted by molar-refractivity contribution is -0.144. The Kier molecular flexibility index (Phi) is 5.63. The summed E-state index contributed by atoms with van der Waals surface area (Å²) >= 11 is 0. The first-order chi connectivity index (χ1) is 8.92. The summed E-state index contributed by atoms with van der Waals surface area (Å²) in [4.78, 5) is 27.1. The highest BCUT2D eigenvalue weighted by atomic mass is 16.4. The van der Waals surface area contributed by atoms with E-state index in [0.717, 1.165) is 12.8 Å². The van der Waals surface area contributed by atoms with E-state index < -0.39 is 12.0 Å². The second-order valence-electron chi connectivity index (χ2n) is 5.51. The van der Waals surface area contributed by atoms with Crippen LogP contribution < -0.4 is 0 Å². The molecule has 0 saturated carbocycles. The minimum Gasteiger partial charge on any atom is -0.480 e. The molecule has 1 saturated heterocycles. The molecule has 1 aliphatic heterocycles. The van der Waals surface area contributed by atoms with Crippen molar-refractivity contribution < 1.29 is 14.7 Å². The van der Waals surface area contributed by atoms with E-state index in [-0.39, 0.29) is 12.1 Å². The van der Waals surface area contributed by atoms with Crippen LogP contribution in [0.3, 0.4) is 0 Å². The molecule has 2 atom stereocenters. The molecule has 2 unspecified atom stereocenters. The molecule has 5 heteroatoms. The van der Waals surface area contributed by atoms with Crippen molar-refractivity contribution in [1.82, 2.24) is 9.80 Å². The Morgan fingerprint density at radius 3 is 2.42 bits per heavy atom. The van der Waals surface area contributed by atoms with E-state index >= 15 is 0 Å². The smallest absolute Gasteiger partial charge is 0.326 e. The fourth-order valence-electron chi connectivity index (χ4n) is 2.76. The Morgan fingerprint density at radius 1 is 1.37 bits per heavy atom. The largest absolute Gasteiger partial charge is 0.480 e. The van der Waals surface area contributed by atoms with E-state index in [1.165, 1.54) is 4.90 Å². The van der Waals surface area contributed by atoms with Crippen molar-refractivity contribution >= 4 is 12.0 Å². The highest BCUT2D eigenvalue weighted by Gasteiger charge is 2.37. The number of likely N-dealkylation sites (tertiary alicyclic amines) is 1. The first-order valence-corrected chi connectivity index (χ1v) is 7.22. The third kappa shape index (κ3) is 3.61. The quantitative estimate of drug-likeness (QED) is 0.853. The maximum absolute atomic E-state index is 12.5. The van der Waals surface area contributed by atoms with Gasteiger partial charge in [-0.05, 0) is 39.5 Å². The highest BCUT2D eigenvalue weighted by molar-refractivity contribution is 5.83. The molecule has 5 nitrogen and oxygen atoms in total. The van der Waals surface area contributed by atoms with Gasteiger partial charge in [0.15, 0.2) is 0 Å². The molecule has 1 N–H and O–H groups in total. The van der Waals surface area contributed by atoms with Gasteiger partial charge in [0.05, 0.1) is 0 Å². The monoisotopic (exact) mass is 270 g/mol. The van der Waals surface area contributed by atoms with E-state index in [1.54, 1.807) is 4.90 Å². The summed E-state index contributed by atoms with van der Waals surface area (Å²) in [5.41, 5.74) is 0. The van der Waals surface area contributed by atoms with E-state index in [1.807, 2.05) is 20.8 Å². The third-order valence-electron chi connectivity index (χ3n) is 4.03. The van der Waals surface area contributed by atoms with Crippen LogP contribution in [0.2, 0.25) is 0 Å². The lowest BCUT2D eigenvalue weighted by Crippen LogP contribution is -2.55. The highest BCUT2D eigenvalue weighted by Crippen LogP contribution is 2.26. The molecule has 1 rings (SSSR count). The van der Waals surface area contributed by atoms with Crippen LogP contribution in [0.15, 0.2) is 0 Å². The maximum Gasteiger partial charge on any atom is 0.326 e. The number of carbonyl (C=O) groups excluding carboxylic acids is 1. The van der Waals surface area contributed by atoms with Crippen molar-refractivity contribution in [3.05, 3.63) is 0 Å². The number of carboxylic acid groups (broad SMARTS) is 1. The molecule has 0 radical (unpaired) electrons. The van der Waals surface area contributed by atoms with Crippen molar-refractivity contribution in [3.8, 4) is 0 Å². The molecule has 0 aromatic heterocycles. The predicted octanol–water partition coefficient (Wildman–Crippen LogP) is 2.41. The van der Waals surface area contributed by atoms with Crippen molar-refractivity contribution in [2.24, 2.45) is 5.92 Å². The van der Waals surface area contributed by atoms with E-state index in [9.17, 15) is 14.7 Å². The number of amides is 2. The number of carbonyl (C=O) groups is 2. The molecule has 2 amide bonds. The number of hydrogen-bond donors (Lipinski definition) is 1. The average molecular weight is 270 g/mol. The molecule has 0 aromatic rings. The Hall–Kier alpha value is -1.26. The fourth-order valence-corrected chi connectivity index (χ4v) is 2.76. The summed E-state index contributed by atoms with van der Waals surface area (Å²) < 4.78 is 0. The summed E-state index contributed by atoms with van der Waals surface area (Å²) in [5, 5.41) is 9.35. The first kappa shape index (κ1) is 15.8. The number of urea groups is 1. The topological polar surface area (TPSA) is 60.9 Å². The van der Waals surface area contributed by atoms with Gasteiger partial charge in [0.1, 0.15) is 6.04 Å². The molecule has 1 heterocycles. The molecule has 0 aliphatic carbocycles. The molecule has 0 bridgehead atoms. The van der Waals surface area contributed by atoms with Crippen LogP contribution in [0.5, 0.6) is 0 Å². The van der Waals surface area contributed by atoms with Gasteiger partial charge < -0.3 is 14.9 Å². The van der Waals surface area contributed by atoms with Crippen LogP contribution in [0.1, 0.15) is 47.0 Å². The Bertz CT molecular complexity index is 331. The van der Waals surface area contributed by atoms with Gasteiger partial charge in [-0.15, -0.1) is 0 Å². The van der Waals surface area contributed by atoms with Crippen molar-refractivity contribution in [2.45, 2.75) is 59.0 Å². The SMILES string of the molecule is CCC1CCN(C(=O)N(CC)C(C)C)C(C(=O)O)C1. The predicted molar refractivity (Wildman–Crippen MR) is 74.1 cm³/mol. The van der Waals surface area contributed by atoms with Gasteiger partial charge in [-0.25, -0.2) is 9.59 Å². The average Bonchev–Trinajstić information content (AvgIpc) is 2.38. The van der Waals surface area contributed by atoms with Crippen molar-refractivity contribution in [1.29, 1.82) is 0 Å². The minimum absolute atomic E-state index is 0.0934. The van der Waals surface area contributed by atoms with E-state index in [2.05, 4.69) is 6.92 Å². The lowest BCUT2D eigenvalue weighted by atomic mass is 9.89. The first-order valence-electron chi connectivity index (χ1n) is 7.22. The van der Waals surface area contributed by atoms with Gasteiger partial charge in [0.25, 0.3) is 0 Å². The van der Waals surface area contributed by atoms with E-state index in [4.69, 9.17) is 0 Å². The Balaban J connectivity index is 2.85. The fraction of sp³-hybridized carbons (Fsp3) is 0.857. The number of aliphatic carboxylic acids is 1. The van der Waals surface area contributed by atoms with Crippen LogP contribution in [-0.2, 0) is 4.79 Å². The normalized spacial score (nSPS) is 23.5. The van der Waals surface area contributed by atoms with Crippen LogP contribution in [0.4, 0.5) is 4.79 Å². The zero-order chi connectivity index (χ0) is 14.6. The molecule has 0 aromatic carbocycles. The van der Waals surface area contributed by atoms with Crippen molar-refractivity contribution in [2.75, 3.05) is 13.1 Å². The number of rotatable bonds is 4. The Morgan fingerprint density at radius 2 is 2.00 bits per heavy atom. The van der Waals surface area contributed by atoms with Gasteiger partial charge in [-0.2, -0.15) is 0 Å². The summed E-state index contributed by atoms with van der Waals surface area (Å²) in [6.07, 6.45) is 2.46. The van der Waals surface area contributed by atoms with Crippen molar-refractivity contribution in [3.63, 3.8) is 0 Å². The maximum atomic E-state index is 12.5. The van der Waals surface area contributed by atoms with Gasteiger partial charge in [-0.1, -0.05) is 13.3 Å². The number of nitrogens with zero attached hydrogens (tertiary/aromatic N) is 2. The molecule has 1 aliphatic rings. The molecule has 19 heavy (non-hydrogen) atoms. The zero-order valence-corrected chi connectivity index (χ0v) is 12.4. The molecule has 0 spiro atoms. The summed E-state index contributed by atoms with van der Waals surface area (Å²) in [7, 11) is 0. The number of carboxylic acids is 1.